The first kappa shape index (κ1) is 14.2. The van der Waals surface area contributed by atoms with Crippen LogP contribution >= 0.6 is 0 Å². The maximum Gasteiger partial charge on any atom is 0.417 e. The van der Waals surface area contributed by atoms with Gasteiger partial charge in [-0.2, -0.15) is 13.2 Å². The molecule has 0 bridgehead atoms. The normalized spacial score (nSPS) is 18.1. The Labute approximate surface area is 111 Å². The summed E-state index contributed by atoms with van der Waals surface area (Å²) in [5.41, 5.74) is -0.0641. The summed E-state index contributed by atoms with van der Waals surface area (Å²) in [7, 11) is 0. The molecule has 2 nitrogen and oxygen atoms in total. The van der Waals surface area contributed by atoms with E-state index in [1.165, 1.54) is 12.1 Å². The molecule has 1 radical (unpaired) electrons. The number of benzene rings is 1. The summed E-state index contributed by atoms with van der Waals surface area (Å²) in [5, 5.41) is 0. The molecule has 0 aromatic heterocycles. The van der Waals surface area contributed by atoms with Crippen LogP contribution in [0.2, 0.25) is 0 Å². The summed E-state index contributed by atoms with van der Waals surface area (Å²) < 4.78 is 37.9. The summed E-state index contributed by atoms with van der Waals surface area (Å²) in [6.07, 6.45) is -4.32. The van der Waals surface area contributed by atoms with Gasteiger partial charge in [0.25, 0.3) is 0 Å². The van der Waals surface area contributed by atoms with E-state index in [9.17, 15) is 13.2 Å². The molecule has 2 rings (SSSR count). The average Bonchev–Trinajstić information content (AvgIpc) is 2.38. The van der Waals surface area contributed by atoms with E-state index in [4.69, 9.17) is 0 Å². The molecular formula is C14H18F3N2. The van der Waals surface area contributed by atoms with Gasteiger partial charge in [-0.1, -0.05) is 6.07 Å². The molecule has 0 saturated carbocycles. The lowest BCUT2D eigenvalue weighted by Crippen LogP contribution is -2.48. The molecule has 1 aliphatic rings. The van der Waals surface area contributed by atoms with E-state index in [2.05, 4.69) is 24.8 Å². The average molecular weight is 271 g/mol. The Morgan fingerprint density at radius 3 is 2.32 bits per heavy atom. The Kier molecular flexibility index (Phi) is 4.04. The van der Waals surface area contributed by atoms with Gasteiger partial charge in [0, 0.05) is 37.9 Å². The summed E-state index contributed by atoms with van der Waals surface area (Å²) in [6.45, 7) is 7.57. The van der Waals surface area contributed by atoms with Crippen LogP contribution in [0.3, 0.4) is 0 Å². The number of alkyl halides is 3. The topological polar surface area (TPSA) is 6.48 Å². The van der Waals surface area contributed by atoms with Crippen molar-refractivity contribution in [1.82, 2.24) is 4.90 Å². The lowest BCUT2D eigenvalue weighted by molar-refractivity contribution is -0.137. The Morgan fingerprint density at radius 1 is 1.16 bits per heavy atom. The maximum absolute atomic E-state index is 12.6. The van der Waals surface area contributed by atoms with E-state index in [-0.39, 0.29) is 0 Å². The maximum atomic E-state index is 12.6. The molecular weight excluding hydrogens is 253 g/mol. The van der Waals surface area contributed by atoms with Gasteiger partial charge in [0.2, 0.25) is 0 Å². The van der Waals surface area contributed by atoms with Gasteiger partial charge in [-0.15, -0.1) is 0 Å². The predicted octanol–water partition coefficient (Wildman–Crippen LogP) is 3.04. The van der Waals surface area contributed by atoms with E-state index >= 15 is 0 Å². The first-order chi connectivity index (χ1) is 8.88. The molecule has 0 atom stereocenters. The highest BCUT2D eigenvalue weighted by Crippen LogP contribution is 2.31. The molecule has 0 N–H and O–H groups in total. The molecule has 0 aliphatic carbocycles. The number of hydrogen-bond donors (Lipinski definition) is 0. The summed E-state index contributed by atoms with van der Waals surface area (Å²) in [5.74, 6) is 0. The Balaban J connectivity index is 2.08. The summed E-state index contributed by atoms with van der Waals surface area (Å²) >= 11 is 0. The van der Waals surface area contributed by atoms with Crippen molar-refractivity contribution in [3.05, 3.63) is 29.8 Å². The fourth-order valence-electron chi connectivity index (χ4n) is 2.31. The molecule has 19 heavy (non-hydrogen) atoms. The number of halogens is 3. The highest BCUT2D eigenvalue weighted by atomic mass is 19.4. The van der Waals surface area contributed by atoms with Gasteiger partial charge >= 0.3 is 6.18 Å². The van der Waals surface area contributed by atoms with E-state index < -0.39 is 11.7 Å². The van der Waals surface area contributed by atoms with Crippen LogP contribution in [0.25, 0.3) is 0 Å². The van der Waals surface area contributed by atoms with Gasteiger partial charge in [0.05, 0.1) is 5.56 Å². The van der Waals surface area contributed by atoms with Crippen LogP contribution in [0.4, 0.5) is 18.9 Å². The van der Waals surface area contributed by atoms with Gasteiger partial charge in [-0.3, -0.25) is 4.90 Å². The second-order valence-electron chi connectivity index (χ2n) is 5.08. The van der Waals surface area contributed by atoms with Crippen LogP contribution in [-0.2, 0) is 6.18 Å². The van der Waals surface area contributed by atoms with Crippen molar-refractivity contribution >= 4 is 5.69 Å². The quantitative estimate of drug-likeness (QED) is 0.815. The Hall–Kier alpha value is -1.23. The smallest absolute Gasteiger partial charge is 0.369 e. The van der Waals surface area contributed by atoms with Crippen molar-refractivity contribution in [2.75, 3.05) is 31.1 Å². The minimum absolute atomic E-state index is 0.483. The van der Waals surface area contributed by atoms with Gasteiger partial charge in [-0.25, -0.2) is 0 Å². The third-order valence-electron chi connectivity index (χ3n) is 3.50. The highest BCUT2D eigenvalue weighted by molar-refractivity contribution is 5.49. The lowest BCUT2D eigenvalue weighted by Gasteiger charge is -2.38. The SMILES string of the molecule is CC(C)N1CCN(c2cc[c]c(C(F)(F)F)c2)CC1. The lowest BCUT2D eigenvalue weighted by atomic mass is 10.1. The van der Waals surface area contributed by atoms with Crippen molar-refractivity contribution < 1.29 is 13.2 Å². The van der Waals surface area contributed by atoms with E-state index in [0.29, 0.717) is 11.7 Å². The molecule has 1 aliphatic heterocycles. The van der Waals surface area contributed by atoms with Crippen LogP contribution in [0, 0.1) is 6.07 Å². The number of piperazine rings is 1. The number of nitrogens with zero attached hydrogens (tertiary/aromatic N) is 2. The minimum atomic E-state index is -4.32. The molecule has 105 valence electrons. The van der Waals surface area contributed by atoms with Gasteiger partial charge in [0.1, 0.15) is 0 Å². The van der Waals surface area contributed by atoms with E-state index in [1.54, 1.807) is 6.07 Å². The molecule has 0 amide bonds. The number of anilines is 1. The minimum Gasteiger partial charge on any atom is -0.369 e. The summed E-state index contributed by atoms with van der Waals surface area (Å²) in [4.78, 5) is 4.33. The zero-order valence-electron chi connectivity index (χ0n) is 11.2. The van der Waals surface area contributed by atoms with Crippen LogP contribution in [0.1, 0.15) is 19.4 Å². The first-order valence-corrected chi connectivity index (χ1v) is 6.46. The third-order valence-corrected chi connectivity index (χ3v) is 3.50. The van der Waals surface area contributed by atoms with Gasteiger partial charge in [-0.05, 0) is 32.0 Å². The van der Waals surface area contributed by atoms with Crippen LogP contribution < -0.4 is 4.90 Å². The third kappa shape index (κ3) is 3.41. The Bertz CT molecular complexity index is 421. The second-order valence-corrected chi connectivity index (χ2v) is 5.08. The van der Waals surface area contributed by atoms with Crippen molar-refractivity contribution in [1.29, 1.82) is 0 Å². The molecule has 1 aromatic rings. The van der Waals surface area contributed by atoms with Crippen LogP contribution in [0.5, 0.6) is 0 Å². The van der Waals surface area contributed by atoms with E-state index in [0.717, 1.165) is 26.2 Å². The summed E-state index contributed by atoms with van der Waals surface area (Å²) in [6, 6.07) is 6.97. The highest BCUT2D eigenvalue weighted by Gasteiger charge is 2.31. The van der Waals surface area contributed by atoms with Crippen molar-refractivity contribution in [3.63, 3.8) is 0 Å². The fraction of sp³-hybridized carbons (Fsp3) is 0.571. The van der Waals surface area contributed by atoms with E-state index in [1.807, 2.05) is 4.90 Å². The standard InChI is InChI=1S/C14H18F3N2/c1-11(2)18-6-8-19(9-7-18)13-5-3-4-12(10-13)14(15,16)17/h3,5,10-11H,6-9H2,1-2H3. The second kappa shape index (κ2) is 5.41. The largest absolute Gasteiger partial charge is 0.417 e. The molecule has 1 aromatic carbocycles. The van der Waals surface area contributed by atoms with Gasteiger partial charge < -0.3 is 4.90 Å². The molecule has 0 unspecified atom stereocenters. The van der Waals surface area contributed by atoms with Crippen molar-refractivity contribution in [3.8, 4) is 0 Å². The number of rotatable bonds is 2. The van der Waals surface area contributed by atoms with Crippen LogP contribution in [-0.4, -0.2) is 37.1 Å². The molecule has 5 heteroatoms. The predicted molar refractivity (Wildman–Crippen MR) is 69.2 cm³/mol. The molecule has 1 fully saturated rings. The van der Waals surface area contributed by atoms with Gasteiger partial charge in [0.15, 0.2) is 0 Å². The first-order valence-electron chi connectivity index (χ1n) is 6.46. The molecule has 0 spiro atoms. The molecule has 1 heterocycles. The van der Waals surface area contributed by atoms with Crippen molar-refractivity contribution in [2.45, 2.75) is 26.1 Å². The monoisotopic (exact) mass is 271 g/mol. The Morgan fingerprint density at radius 2 is 1.79 bits per heavy atom. The molecule has 1 saturated heterocycles. The fourth-order valence-corrected chi connectivity index (χ4v) is 2.31. The van der Waals surface area contributed by atoms with Crippen molar-refractivity contribution in [2.24, 2.45) is 0 Å². The van der Waals surface area contributed by atoms with Crippen LogP contribution in [0.15, 0.2) is 18.2 Å². The zero-order chi connectivity index (χ0) is 14.0. The number of hydrogen-bond acceptors (Lipinski definition) is 2. The zero-order valence-corrected chi connectivity index (χ0v) is 11.2.